The quantitative estimate of drug-likeness (QED) is 0.694. The number of methoxy groups -OCH3 is 1. The Morgan fingerprint density at radius 2 is 1.64 bits per heavy atom. The maximum Gasteiger partial charge on any atom is 0.408 e. The SMILES string of the molecule is COC(=O)[C@H](C)NC(=O)[C@@H](NC(=O)OC(C)(C)C)c1ccc(O)cc1. The molecule has 1 rings (SSSR count). The molecule has 138 valence electrons. The van der Waals surface area contributed by atoms with Gasteiger partial charge in [-0.3, -0.25) is 4.79 Å². The van der Waals surface area contributed by atoms with Crippen molar-refractivity contribution in [3.05, 3.63) is 29.8 Å². The number of rotatable bonds is 5. The number of phenolic OH excluding ortho intramolecular Hbond substituents is 1. The second-order valence-electron chi connectivity index (χ2n) is 6.42. The van der Waals surface area contributed by atoms with E-state index in [-0.39, 0.29) is 5.75 Å². The molecular weight excluding hydrogens is 328 g/mol. The van der Waals surface area contributed by atoms with Gasteiger partial charge in [-0.1, -0.05) is 12.1 Å². The number of hydrogen-bond donors (Lipinski definition) is 3. The number of amides is 2. The number of ether oxygens (including phenoxy) is 2. The summed E-state index contributed by atoms with van der Waals surface area (Å²) in [5.74, 6) is -1.22. The van der Waals surface area contributed by atoms with E-state index in [2.05, 4.69) is 15.4 Å². The fourth-order valence-corrected chi connectivity index (χ4v) is 1.92. The van der Waals surface area contributed by atoms with Gasteiger partial charge in [-0.2, -0.15) is 0 Å². The first-order chi connectivity index (χ1) is 11.5. The van der Waals surface area contributed by atoms with Gasteiger partial charge in [0.05, 0.1) is 7.11 Å². The zero-order valence-electron chi connectivity index (χ0n) is 15.0. The van der Waals surface area contributed by atoms with Crippen molar-refractivity contribution in [3.63, 3.8) is 0 Å². The Kier molecular flexibility index (Phi) is 6.78. The van der Waals surface area contributed by atoms with Crippen LogP contribution in [-0.4, -0.2) is 41.8 Å². The molecule has 0 unspecified atom stereocenters. The van der Waals surface area contributed by atoms with E-state index in [0.717, 1.165) is 0 Å². The van der Waals surface area contributed by atoms with Crippen LogP contribution in [0.15, 0.2) is 24.3 Å². The highest BCUT2D eigenvalue weighted by Gasteiger charge is 2.28. The van der Waals surface area contributed by atoms with Gasteiger partial charge in [-0.05, 0) is 45.4 Å². The molecule has 0 heterocycles. The summed E-state index contributed by atoms with van der Waals surface area (Å²) in [6.07, 6.45) is -0.786. The molecule has 0 bridgehead atoms. The number of nitrogens with one attached hydrogen (secondary N) is 2. The van der Waals surface area contributed by atoms with Crippen molar-refractivity contribution in [2.45, 2.75) is 45.4 Å². The zero-order chi connectivity index (χ0) is 19.2. The van der Waals surface area contributed by atoms with Crippen LogP contribution in [0, 0.1) is 0 Å². The highest BCUT2D eigenvalue weighted by Crippen LogP contribution is 2.18. The van der Waals surface area contributed by atoms with E-state index in [0.29, 0.717) is 5.56 Å². The molecule has 8 heteroatoms. The molecule has 25 heavy (non-hydrogen) atoms. The first-order valence-corrected chi connectivity index (χ1v) is 7.70. The molecule has 2 atom stereocenters. The molecule has 1 aromatic carbocycles. The standard InChI is InChI=1S/C17H24N2O6/c1-10(15(22)24-5)18-14(21)13(11-6-8-12(20)9-7-11)19-16(23)25-17(2,3)4/h6-10,13,20H,1-5H3,(H,18,21)(H,19,23)/t10-,13-/m0/s1. The number of phenols is 1. The fourth-order valence-electron chi connectivity index (χ4n) is 1.92. The van der Waals surface area contributed by atoms with Crippen molar-refractivity contribution in [3.8, 4) is 5.75 Å². The third kappa shape index (κ3) is 6.70. The maximum atomic E-state index is 12.5. The van der Waals surface area contributed by atoms with Crippen molar-refractivity contribution < 1.29 is 29.0 Å². The number of carbonyl (C=O) groups is 3. The summed E-state index contributed by atoms with van der Waals surface area (Å²) in [7, 11) is 1.21. The number of carbonyl (C=O) groups excluding carboxylic acids is 3. The molecule has 0 fully saturated rings. The Hall–Kier alpha value is -2.77. The van der Waals surface area contributed by atoms with E-state index in [1.165, 1.54) is 38.3 Å². The largest absolute Gasteiger partial charge is 0.508 e. The van der Waals surface area contributed by atoms with Gasteiger partial charge in [0.2, 0.25) is 5.91 Å². The molecule has 8 nitrogen and oxygen atoms in total. The van der Waals surface area contributed by atoms with E-state index in [4.69, 9.17) is 4.74 Å². The second kappa shape index (κ2) is 8.36. The number of alkyl carbamates (subject to hydrolysis) is 1. The lowest BCUT2D eigenvalue weighted by Gasteiger charge is -2.24. The van der Waals surface area contributed by atoms with Crippen molar-refractivity contribution in [2.75, 3.05) is 7.11 Å². The Bertz CT molecular complexity index is 621. The Labute approximate surface area is 146 Å². The molecule has 1 aromatic rings. The van der Waals surface area contributed by atoms with E-state index < -0.39 is 35.7 Å². The van der Waals surface area contributed by atoms with Crippen molar-refractivity contribution >= 4 is 18.0 Å². The van der Waals surface area contributed by atoms with Crippen LogP contribution in [0.5, 0.6) is 5.75 Å². The first kappa shape index (κ1) is 20.3. The smallest absolute Gasteiger partial charge is 0.408 e. The van der Waals surface area contributed by atoms with Crippen molar-refractivity contribution in [1.82, 2.24) is 10.6 Å². The Morgan fingerprint density at radius 1 is 1.08 bits per heavy atom. The Morgan fingerprint density at radius 3 is 2.12 bits per heavy atom. The highest BCUT2D eigenvalue weighted by molar-refractivity contribution is 5.90. The molecule has 0 aliphatic carbocycles. The summed E-state index contributed by atoms with van der Waals surface area (Å²) in [4.78, 5) is 36.0. The van der Waals surface area contributed by atoms with E-state index >= 15 is 0 Å². The van der Waals surface area contributed by atoms with Gasteiger partial charge >= 0.3 is 12.1 Å². The van der Waals surface area contributed by atoms with Crippen LogP contribution in [0.3, 0.4) is 0 Å². The van der Waals surface area contributed by atoms with Gasteiger partial charge in [-0.25, -0.2) is 9.59 Å². The molecule has 0 saturated heterocycles. The molecule has 0 aromatic heterocycles. The van der Waals surface area contributed by atoms with Crippen molar-refractivity contribution in [1.29, 1.82) is 0 Å². The molecule has 0 radical (unpaired) electrons. The van der Waals surface area contributed by atoms with Gasteiger partial charge < -0.3 is 25.2 Å². The lowest BCUT2D eigenvalue weighted by molar-refractivity contribution is -0.144. The summed E-state index contributed by atoms with van der Waals surface area (Å²) in [6.45, 7) is 6.55. The minimum atomic E-state index is -1.11. The predicted molar refractivity (Wildman–Crippen MR) is 89.8 cm³/mol. The van der Waals surface area contributed by atoms with Gasteiger partial charge in [0.1, 0.15) is 23.4 Å². The summed E-state index contributed by atoms with van der Waals surface area (Å²) in [6, 6.07) is 3.74. The summed E-state index contributed by atoms with van der Waals surface area (Å²) in [5, 5.41) is 14.3. The van der Waals surface area contributed by atoms with E-state index in [1.54, 1.807) is 20.8 Å². The number of benzene rings is 1. The van der Waals surface area contributed by atoms with E-state index in [9.17, 15) is 19.5 Å². The van der Waals surface area contributed by atoms with Crippen LogP contribution in [0.4, 0.5) is 4.79 Å². The summed E-state index contributed by atoms with van der Waals surface area (Å²) < 4.78 is 9.73. The average Bonchev–Trinajstić information content (AvgIpc) is 2.50. The molecule has 0 saturated carbocycles. The van der Waals surface area contributed by atoms with Gasteiger partial charge in [-0.15, -0.1) is 0 Å². The average molecular weight is 352 g/mol. The third-order valence-corrected chi connectivity index (χ3v) is 3.06. The lowest BCUT2D eigenvalue weighted by Crippen LogP contribution is -2.47. The van der Waals surface area contributed by atoms with Crippen LogP contribution in [0.25, 0.3) is 0 Å². The molecule has 0 aliphatic heterocycles. The summed E-state index contributed by atoms with van der Waals surface area (Å²) in [5.41, 5.74) is -0.322. The fraction of sp³-hybridized carbons (Fsp3) is 0.471. The molecular formula is C17H24N2O6. The second-order valence-corrected chi connectivity index (χ2v) is 6.42. The van der Waals surface area contributed by atoms with Crippen LogP contribution in [0.2, 0.25) is 0 Å². The van der Waals surface area contributed by atoms with Crippen molar-refractivity contribution in [2.24, 2.45) is 0 Å². The zero-order valence-corrected chi connectivity index (χ0v) is 15.0. The first-order valence-electron chi connectivity index (χ1n) is 7.70. The number of esters is 1. The molecule has 3 N–H and O–H groups in total. The highest BCUT2D eigenvalue weighted by atomic mass is 16.6. The maximum absolute atomic E-state index is 12.5. The third-order valence-electron chi connectivity index (χ3n) is 3.06. The minimum absolute atomic E-state index is 0.0168. The van der Waals surface area contributed by atoms with Crippen LogP contribution in [-0.2, 0) is 19.1 Å². The van der Waals surface area contributed by atoms with Gasteiger partial charge in [0.15, 0.2) is 0 Å². The minimum Gasteiger partial charge on any atom is -0.508 e. The van der Waals surface area contributed by atoms with Crippen LogP contribution < -0.4 is 10.6 Å². The van der Waals surface area contributed by atoms with E-state index in [1.807, 2.05) is 0 Å². The molecule has 0 aliphatic rings. The Balaban J connectivity index is 2.98. The monoisotopic (exact) mass is 352 g/mol. The predicted octanol–water partition coefficient (Wildman–Crippen LogP) is 1.64. The topological polar surface area (TPSA) is 114 Å². The lowest BCUT2D eigenvalue weighted by atomic mass is 10.1. The number of aromatic hydroxyl groups is 1. The van der Waals surface area contributed by atoms with Crippen LogP contribution in [0.1, 0.15) is 39.3 Å². The normalized spacial score (nSPS) is 13.3. The molecule has 0 spiro atoms. The number of hydrogen-bond acceptors (Lipinski definition) is 6. The van der Waals surface area contributed by atoms with Crippen LogP contribution >= 0.6 is 0 Å². The molecule has 2 amide bonds. The summed E-state index contributed by atoms with van der Waals surface area (Å²) >= 11 is 0. The van der Waals surface area contributed by atoms with Gasteiger partial charge in [0, 0.05) is 0 Å². The van der Waals surface area contributed by atoms with Gasteiger partial charge in [0.25, 0.3) is 0 Å².